The lowest BCUT2D eigenvalue weighted by molar-refractivity contribution is -0.180. The molecule has 4 heterocycles. The standard InChI is InChI=1S/C34H60N4O14.C16H20N4O3/c1-37-7-4-30(28-37)36-31(39)5-8-43-10-12-45-14-16-47-18-20-49-22-24-51-26-27-52-25-23-50-21-19-48-17-15-46-13-11-44-9-6-35-32(40)29-38-33(41)2-3-34(38)42;1-3-5-20(23-4-2)16(22)12-7-13-14(19-15(17)8-12)6-11(10-21)9-18-13/h2-3,30H,4-29H2,1H3,(H,35,40)(H,36,39);6-7,9-10H,3-5,8H2,1-2H3,(H2,17,19)/t30-;/m0./s1. The smallest absolute Gasteiger partial charge is 0.273 e. The number of hydrogen-bond donors (Lipinski definition) is 3. The van der Waals surface area contributed by atoms with Crippen LogP contribution in [0.15, 0.2) is 35.0 Å². The number of amidine groups is 1. The summed E-state index contributed by atoms with van der Waals surface area (Å²) in [4.78, 5) is 86.9. The van der Waals surface area contributed by atoms with Crippen molar-refractivity contribution in [2.45, 2.75) is 45.6 Å². The number of ether oxygens (including phenoxy) is 10. The molecule has 4 rings (SSSR count). The maximum atomic E-state index is 12.6. The average Bonchev–Trinajstić information content (AvgIpc) is 3.90. The van der Waals surface area contributed by atoms with Crippen LogP contribution >= 0.6 is 0 Å². The number of carbonyl (C=O) groups is 6. The van der Waals surface area contributed by atoms with Gasteiger partial charge in [0.1, 0.15) is 12.4 Å². The van der Waals surface area contributed by atoms with Gasteiger partial charge in [-0.1, -0.05) is 6.92 Å². The van der Waals surface area contributed by atoms with Crippen LogP contribution in [0.5, 0.6) is 0 Å². The number of hydroxylamine groups is 2. The van der Waals surface area contributed by atoms with Crippen LogP contribution in [-0.4, -0.2) is 246 Å². The van der Waals surface area contributed by atoms with Crippen LogP contribution in [0.25, 0.3) is 6.08 Å². The zero-order valence-corrected chi connectivity index (χ0v) is 44.0. The van der Waals surface area contributed by atoms with E-state index in [9.17, 15) is 28.8 Å². The molecule has 0 spiro atoms. The first-order chi connectivity index (χ1) is 36.5. The third-order valence-electron chi connectivity index (χ3n) is 10.6. The Hall–Kier alpha value is -5.16. The summed E-state index contributed by atoms with van der Waals surface area (Å²) in [6.07, 6.45) is 8.40. The largest absolute Gasteiger partial charge is 0.387 e. The number of likely N-dealkylation sites (N-methyl/N-ethyl adjacent to an activating group) is 1. The second kappa shape index (κ2) is 41.1. The normalized spacial score (nSPS) is 15.2. The number of fused-ring (bicyclic) bond motifs is 1. The van der Waals surface area contributed by atoms with Crippen molar-refractivity contribution in [3.8, 4) is 0 Å². The van der Waals surface area contributed by atoms with Crippen LogP contribution < -0.4 is 16.4 Å². The van der Waals surface area contributed by atoms with Gasteiger partial charge in [-0.3, -0.25) is 43.5 Å². The number of likely N-dealkylation sites (tertiary alicyclic amines) is 1. The summed E-state index contributed by atoms with van der Waals surface area (Å²) in [5.74, 6) is -1.34. The van der Waals surface area contributed by atoms with E-state index in [4.69, 9.17) is 57.9 Å². The summed E-state index contributed by atoms with van der Waals surface area (Å²) in [6.45, 7) is 15.4. The molecule has 75 heavy (non-hydrogen) atoms. The predicted octanol–water partition coefficient (Wildman–Crippen LogP) is 0.264. The van der Waals surface area contributed by atoms with E-state index in [-0.39, 0.29) is 44.0 Å². The molecular formula is C50H80N8O17. The third-order valence-corrected chi connectivity index (χ3v) is 10.6. The minimum absolute atomic E-state index is 0.0341. The summed E-state index contributed by atoms with van der Waals surface area (Å²) in [5.41, 5.74) is 7.75. The lowest BCUT2D eigenvalue weighted by atomic mass is 10.1. The number of aliphatic imine (C=N–C) groups is 1. The first kappa shape index (κ1) is 64.1. The molecule has 25 heteroatoms. The average molecular weight is 1070 g/mol. The molecule has 4 N–H and O–H groups in total. The Kier molecular flexibility index (Phi) is 35.1. The summed E-state index contributed by atoms with van der Waals surface area (Å²) in [5, 5.41) is 6.96. The van der Waals surface area contributed by atoms with Gasteiger partial charge >= 0.3 is 0 Å². The first-order valence-electron chi connectivity index (χ1n) is 25.5. The van der Waals surface area contributed by atoms with E-state index in [1.165, 1.54) is 11.3 Å². The minimum Gasteiger partial charge on any atom is -0.387 e. The van der Waals surface area contributed by atoms with Gasteiger partial charge in [-0.25, -0.2) is 10.1 Å². The molecule has 0 saturated carbocycles. The molecule has 0 aliphatic carbocycles. The molecule has 5 amide bonds. The van der Waals surface area contributed by atoms with Crippen LogP contribution in [0.3, 0.4) is 0 Å². The van der Waals surface area contributed by atoms with Gasteiger partial charge in [0.25, 0.3) is 17.7 Å². The number of amides is 5. The van der Waals surface area contributed by atoms with Crippen molar-refractivity contribution < 1.29 is 81.0 Å². The van der Waals surface area contributed by atoms with Crippen molar-refractivity contribution in [2.24, 2.45) is 10.7 Å². The summed E-state index contributed by atoms with van der Waals surface area (Å²) in [6, 6.07) is 1.85. The summed E-state index contributed by atoms with van der Waals surface area (Å²) < 4.78 is 54.5. The molecule has 0 unspecified atom stereocenters. The van der Waals surface area contributed by atoms with E-state index in [2.05, 4.69) is 32.6 Å². The number of imide groups is 1. The van der Waals surface area contributed by atoms with Crippen molar-refractivity contribution in [3.05, 3.63) is 41.2 Å². The lowest BCUT2D eigenvalue weighted by Crippen LogP contribution is -2.41. The second-order valence-corrected chi connectivity index (χ2v) is 16.7. The Morgan fingerprint density at radius 2 is 1.23 bits per heavy atom. The van der Waals surface area contributed by atoms with Crippen molar-refractivity contribution >= 4 is 53.4 Å². The second-order valence-electron chi connectivity index (χ2n) is 16.7. The van der Waals surface area contributed by atoms with Gasteiger partial charge in [0.05, 0.1) is 150 Å². The number of rotatable bonds is 42. The van der Waals surface area contributed by atoms with Crippen molar-refractivity contribution in [3.63, 3.8) is 0 Å². The molecule has 0 aromatic carbocycles. The molecular weight excluding hydrogens is 985 g/mol. The quantitative estimate of drug-likeness (QED) is 0.0343. The molecule has 3 aliphatic rings. The topological polar surface area (TPSA) is 289 Å². The molecule has 0 radical (unpaired) electrons. The monoisotopic (exact) mass is 1060 g/mol. The molecule has 25 nitrogen and oxygen atoms in total. The van der Waals surface area contributed by atoms with Crippen molar-refractivity contribution in [1.29, 1.82) is 0 Å². The Morgan fingerprint density at radius 1 is 0.733 bits per heavy atom. The Bertz CT molecular complexity index is 1900. The fourth-order valence-corrected chi connectivity index (χ4v) is 6.88. The van der Waals surface area contributed by atoms with E-state index in [0.29, 0.717) is 180 Å². The van der Waals surface area contributed by atoms with Crippen molar-refractivity contribution in [2.75, 3.05) is 179 Å². The fourth-order valence-electron chi connectivity index (χ4n) is 6.88. The third kappa shape index (κ3) is 29.7. The Morgan fingerprint density at radius 3 is 1.68 bits per heavy atom. The molecule has 1 saturated heterocycles. The van der Waals surface area contributed by atoms with Gasteiger partial charge in [0.15, 0.2) is 6.29 Å². The SMILES string of the molecule is CCCN(OCC)C(=O)C1=Cc2ncc(C=O)cc2N=C(N)C1.CN1CC[C@H](NC(=O)CCOCCOCCOCCOCCOCCOCCOCCOCCOCCOCCNC(=O)CN2C(=O)C=CC2=O)C1. The van der Waals surface area contributed by atoms with Crippen LogP contribution in [0.2, 0.25) is 0 Å². The first-order valence-corrected chi connectivity index (χ1v) is 25.5. The molecule has 1 aromatic rings. The molecule has 1 fully saturated rings. The van der Waals surface area contributed by atoms with E-state index in [0.717, 1.165) is 43.0 Å². The number of carbonyl (C=O) groups excluding carboxylic acids is 6. The van der Waals surface area contributed by atoms with Gasteiger partial charge in [-0.2, -0.15) is 0 Å². The maximum Gasteiger partial charge on any atom is 0.273 e. The number of nitrogens with two attached hydrogens (primary N) is 1. The zero-order chi connectivity index (χ0) is 54.1. The predicted molar refractivity (Wildman–Crippen MR) is 273 cm³/mol. The number of aromatic nitrogens is 1. The van der Waals surface area contributed by atoms with Gasteiger partial charge in [0, 0.05) is 68.0 Å². The molecule has 1 aromatic heterocycles. The van der Waals surface area contributed by atoms with Gasteiger partial charge in [0.2, 0.25) is 11.8 Å². The number of pyridine rings is 1. The highest BCUT2D eigenvalue weighted by atomic mass is 16.7. The highest BCUT2D eigenvalue weighted by Gasteiger charge is 2.26. The molecule has 0 bridgehead atoms. The number of nitrogens with one attached hydrogen (secondary N) is 2. The van der Waals surface area contributed by atoms with Crippen LogP contribution in [0, 0.1) is 0 Å². The van der Waals surface area contributed by atoms with E-state index in [1.54, 1.807) is 12.1 Å². The highest BCUT2D eigenvalue weighted by Crippen LogP contribution is 2.26. The van der Waals surface area contributed by atoms with Crippen LogP contribution in [0.1, 0.15) is 55.6 Å². The Balaban J connectivity index is 0.000000532. The molecule has 422 valence electrons. The Labute approximate surface area is 439 Å². The van der Waals surface area contributed by atoms with Crippen molar-refractivity contribution in [1.82, 2.24) is 30.5 Å². The molecule has 1 atom stereocenters. The summed E-state index contributed by atoms with van der Waals surface area (Å²) in [7, 11) is 2.06. The van der Waals surface area contributed by atoms with Crippen LogP contribution in [-0.2, 0) is 76.2 Å². The van der Waals surface area contributed by atoms with E-state index < -0.39 is 17.7 Å². The number of nitrogens with zero attached hydrogens (tertiary/aromatic N) is 5. The highest BCUT2D eigenvalue weighted by molar-refractivity contribution is 6.14. The maximum absolute atomic E-state index is 12.6. The fraction of sp³-hybridized carbons (Fsp3) is 0.680. The number of aldehydes is 1. The number of hydrogen-bond acceptors (Lipinski definition) is 21. The van der Waals surface area contributed by atoms with Crippen LogP contribution in [0.4, 0.5) is 5.69 Å². The minimum atomic E-state index is -0.493. The van der Waals surface area contributed by atoms with E-state index in [1.807, 2.05) is 13.8 Å². The zero-order valence-electron chi connectivity index (χ0n) is 44.0. The molecule has 3 aliphatic heterocycles. The van der Waals surface area contributed by atoms with Gasteiger partial charge < -0.3 is 68.6 Å². The van der Waals surface area contributed by atoms with Gasteiger partial charge in [-0.05, 0) is 45.5 Å². The van der Waals surface area contributed by atoms with E-state index >= 15 is 0 Å². The lowest BCUT2D eigenvalue weighted by Gasteiger charge is -2.21. The van der Waals surface area contributed by atoms with Gasteiger partial charge in [-0.15, -0.1) is 0 Å². The summed E-state index contributed by atoms with van der Waals surface area (Å²) >= 11 is 0.